The monoisotopic (exact) mass is 320 g/mol. The molecule has 0 aromatic heterocycles. The standard InChI is InChI=1S/C19H28O4/c1-14(2)17(20)23-19(18(3,4)5,21-15-10-6-7-11-15)22-16-12-8-9-13-16/h10,12H,1,6-9,11,13H2,2-5H3. The highest BCUT2D eigenvalue weighted by atomic mass is 16.9. The van der Waals surface area contributed by atoms with Gasteiger partial charge in [0.25, 0.3) is 0 Å². The molecule has 0 saturated carbocycles. The van der Waals surface area contributed by atoms with Gasteiger partial charge in [0, 0.05) is 18.4 Å². The second kappa shape index (κ2) is 6.81. The van der Waals surface area contributed by atoms with Crippen LogP contribution in [0.2, 0.25) is 0 Å². The molecule has 0 saturated heterocycles. The number of ether oxygens (including phenoxy) is 3. The molecule has 0 fully saturated rings. The molecule has 0 aromatic rings. The Kier molecular flexibility index (Phi) is 5.23. The zero-order valence-corrected chi connectivity index (χ0v) is 14.7. The molecule has 0 aromatic carbocycles. The molecule has 0 atom stereocenters. The van der Waals surface area contributed by atoms with E-state index in [4.69, 9.17) is 14.2 Å². The quantitative estimate of drug-likeness (QED) is 0.393. The summed E-state index contributed by atoms with van der Waals surface area (Å²) >= 11 is 0. The highest BCUT2D eigenvalue weighted by molar-refractivity contribution is 5.87. The van der Waals surface area contributed by atoms with Crippen LogP contribution < -0.4 is 0 Å². The second-order valence-corrected chi connectivity index (χ2v) is 7.31. The molecule has 0 amide bonds. The SMILES string of the molecule is C=C(C)C(=O)OC(OC1=CCCC1)(OC1=CCCC1)C(C)(C)C. The summed E-state index contributed by atoms with van der Waals surface area (Å²) < 4.78 is 18.0. The van der Waals surface area contributed by atoms with Crippen LogP contribution in [0.3, 0.4) is 0 Å². The Morgan fingerprint density at radius 3 is 1.83 bits per heavy atom. The fourth-order valence-electron chi connectivity index (χ4n) is 2.54. The van der Waals surface area contributed by atoms with E-state index in [1.807, 2.05) is 32.9 Å². The van der Waals surface area contributed by atoms with Crippen molar-refractivity contribution in [1.29, 1.82) is 0 Å². The molecule has 0 spiro atoms. The Labute approximate surface area is 139 Å². The zero-order chi connectivity index (χ0) is 17.1. The van der Waals surface area contributed by atoms with E-state index in [9.17, 15) is 4.79 Å². The van der Waals surface area contributed by atoms with Gasteiger partial charge < -0.3 is 14.2 Å². The van der Waals surface area contributed by atoms with Crippen molar-refractivity contribution in [2.24, 2.45) is 5.41 Å². The minimum atomic E-state index is -1.48. The van der Waals surface area contributed by atoms with Gasteiger partial charge in [0.05, 0.1) is 5.41 Å². The van der Waals surface area contributed by atoms with Gasteiger partial charge in [0.15, 0.2) is 0 Å². The fraction of sp³-hybridized carbons (Fsp3) is 0.632. The van der Waals surface area contributed by atoms with Crippen LogP contribution in [-0.2, 0) is 19.0 Å². The Bertz CT molecular complexity index is 500. The molecule has 4 heteroatoms. The molecule has 0 unspecified atom stereocenters. The van der Waals surface area contributed by atoms with E-state index in [2.05, 4.69) is 6.58 Å². The molecule has 128 valence electrons. The maximum absolute atomic E-state index is 12.2. The molecule has 2 aliphatic rings. The van der Waals surface area contributed by atoms with Gasteiger partial charge in [0.2, 0.25) is 0 Å². The summed E-state index contributed by atoms with van der Waals surface area (Å²) in [5.74, 6) is -0.326. The van der Waals surface area contributed by atoms with Crippen LogP contribution in [-0.4, -0.2) is 11.9 Å². The number of rotatable bonds is 6. The molecule has 0 N–H and O–H groups in total. The first kappa shape index (κ1) is 17.6. The first-order valence-electron chi connectivity index (χ1n) is 8.38. The van der Waals surface area contributed by atoms with E-state index in [1.54, 1.807) is 6.92 Å². The van der Waals surface area contributed by atoms with Gasteiger partial charge in [-0.2, -0.15) is 0 Å². The van der Waals surface area contributed by atoms with Gasteiger partial charge in [-0.1, -0.05) is 6.58 Å². The number of allylic oxidation sites excluding steroid dienone is 4. The van der Waals surface area contributed by atoms with Crippen molar-refractivity contribution >= 4 is 5.97 Å². The maximum Gasteiger partial charge on any atom is 0.423 e. The minimum Gasteiger partial charge on any atom is -0.425 e. The average Bonchev–Trinajstić information content (AvgIpc) is 3.10. The number of carbonyl (C=O) groups is 1. The molecular weight excluding hydrogens is 292 g/mol. The number of hydrogen-bond donors (Lipinski definition) is 0. The first-order chi connectivity index (χ1) is 10.7. The molecule has 0 heterocycles. The van der Waals surface area contributed by atoms with Crippen molar-refractivity contribution in [3.05, 3.63) is 35.8 Å². The van der Waals surface area contributed by atoms with Crippen LogP contribution in [0.4, 0.5) is 0 Å². The normalized spacial score (nSPS) is 18.3. The lowest BCUT2D eigenvalue weighted by Gasteiger charge is -2.42. The average molecular weight is 320 g/mol. The van der Waals surface area contributed by atoms with Crippen LogP contribution in [0.15, 0.2) is 35.8 Å². The summed E-state index contributed by atoms with van der Waals surface area (Å²) in [5, 5.41) is 0. The summed E-state index contributed by atoms with van der Waals surface area (Å²) in [6.45, 7) is 11.1. The van der Waals surface area contributed by atoms with E-state index >= 15 is 0 Å². The van der Waals surface area contributed by atoms with Gasteiger partial charge in [-0.05, 0) is 65.5 Å². The summed E-state index contributed by atoms with van der Waals surface area (Å²) in [6.07, 6.45) is 9.82. The van der Waals surface area contributed by atoms with E-state index in [-0.39, 0.29) is 0 Å². The Balaban J connectivity index is 2.34. The predicted molar refractivity (Wildman–Crippen MR) is 89.1 cm³/mol. The van der Waals surface area contributed by atoms with Crippen LogP contribution in [0.25, 0.3) is 0 Å². The zero-order valence-electron chi connectivity index (χ0n) is 14.7. The van der Waals surface area contributed by atoms with Crippen molar-refractivity contribution < 1.29 is 19.0 Å². The van der Waals surface area contributed by atoms with Crippen molar-refractivity contribution in [2.75, 3.05) is 0 Å². The minimum absolute atomic E-state index is 0.326. The van der Waals surface area contributed by atoms with E-state index < -0.39 is 17.4 Å². The van der Waals surface area contributed by atoms with E-state index in [0.29, 0.717) is 5.57 Å². The molecule has 2 rings (SSSR count). The van der Waals surface area contributed by atoms with Crippen molar-refractivity contribution in [2.45, 2.75) is 72.2 Å². The lowest BCUT2D eigenvalue weighted by atomic mass is 9.92. The van der Waals surface area contributed by atoms with Gasteiger partial charge in [-0.3, -0.25) is 0 Å². The third-order valence-corrected chi connectivity index (χ3v) is 4.02. The number of esters is 1. The van der Waals surface area contributed by atoms with Crippen LogP contribution in [0, 0.1) is 5.41 Å². The molecule has 23 heavy (non-hydrogen) atoms. The van der Waals surface area contributed by atoms with Gasteiger partial charge in [0.1, 0.15) is 11.5 Å². The molecule has 4 nitrogen and oxygen atoms in total. The Hall–Kier alpha value is -1.71. The Morgan fingerprint density at radius 1 is 1.04 bits per heavy atom. The van der Waals surface area contributed by atoms with Gasteiger partial charge in [-0.25, -0.2) is 4.79 Å². The molecular formula is C19H28O4. The molecule has 0 radical (unpaired) electrons. The van der Waals surface area contributed by atoms with Crippen molar-refractivity contribution in [1.82, 2.24) is 0 Å². The van der Waals surface area contributed by atoms with Crippen molar-refractivity contribution in [3.63, 3.8) is 0 Å². The molecule has 0 aliphatic heterocycles. The summed E-state index contributed by atoms with van der Waals surface area (Å²) in [5.41, 5.74) is -0.239. The van der Waals surface area contributed by atoms with Crippen molar-refractivity contribution in [3.8, 4) is 0 Å². The lowest BCUT2D eigenvalue weighted by Crippen LogP contribution is -2.51. The third kappa shape index (κ3) is 4.18. The fourth-order valence-corrected chi connectivity index (χ4v) is 2.54. The number of carbonyl (C=O) groups excluding carboxylic acids is 1. The Morgan fingerprint density at radius 2 is 1.52 bits per heavy atom. The molecule has 0 bridgehead atoms. The summed E-state index contributed by atoms with van der Waals surface area (Å²) in [4.78, 5) is 12.2. The van der Waals surface area contributed by atoms with Crippen LogP contribution in [0.1, 0.15) is 66.2 Å². The largest absolute Gasteiger partial charge is 0.425 e. The lowest BCUT2D eigenvalue weighted by molar-refractivity contribution is -0.378. The third-order valence-electron chi connectivity index (χ3n) is 4.02. The second-order valence-electron chi connectivity index (χ2n) is 7.31. The predicted octanol–water partition coefficient (Wildman–Crippen LogP) is 4.97. The summed E-state index contributed by atoms with van der Waals surface area (Å²) in [7, 11) is 0. The smallest absolute Gasteiger partial charge is 0.423 e. The topological polar surface area (TPSA) is 44.8 Å². The van der Waals surface area contributed by atoms with Crippen LogP contribution >= 0.6 is 0 Å². The van der Waals surface area contributed by atoms with Crippen LogP contribution in [0.5, 0.6) is 0 Å². The highest BCUT2D eigenvalue weighted by Gasteiger charge is 2.53. The number of hydrogen-bond acceptors (Lipinski definition) is 4. The first-order valence-corrected chi connectivity index (χ1v) is 8.38. The maximum atomic E-state index is 12.2. The molecule has 2 aliphatic carbocycles. The van der Waals surface area contributed by atoms with Gasteiger partial charge in [-0.15, -0.1) is 0 Å². The highest BCUT2D eigenvalue weighted by Crippen LogP contribution is 2.43. The van der Waals surface area contributed by atoms with E-state index in [1.165, 1.54) is 0 Å². The summed E-state index contributed by atoms with van der Waals surface area (Å²) in [6, 6.07) is 0. The van der Waals surface area contributed by atoms with Gasteiger partial charge >= 0.3 is 11.9 Å². The van der Waals surface area contributed by atoms with E-state index in [0.717, 1.165) is 50.0 Å².